The second-order valence-electron chi connectivity index (χ2n) is 3.50. The van der Waals surface area contributed by atoms with Crippen molar-refractivity contribution in [3.8, 4) is 0 Å². The minimum absolute atomic E-state index is 0.339. The summed E-state index contributed by atoms with van der Waals surface area (Å²) in [4.78, 5) is 0. The summed E-state index contributed by atoms with van der Waals surface area (Å²) in [5, 5.41) is 14.0. The predicted octanol–water partition coefficient (Wildman–Crippen LogP) is 1.95. The van der Waals surface area contributed by atoms with Crippen LogP contribution in [0.5, 0.6) is 0 Å². The van der Waals surface area contributed by atoms with E-state index in [1.165, 1.54) is 0 Å². The van der Waals surface area contributed by atoms with Crippen LogP contribution in [0.15, 0.2) is 6.20 Å². The largest absolute Gasteiger partial charge is 0.388 e. The van der Waals surface area contributed by atoms with Crippen LogP contribution in [0.1, 0.15) is 43.5 Å². The molecule has 1 aromatic rings. The average molecular weight is 182 g/mol. The van der Waals surface area contributed by atoms with Gasteiger partial charge in [-0.15, -0.1) is 0 Å². The topological polar surface area (TPSA) is 38.0 Å². The molecular formula is C10H18N2O. The molecule has 0 fully saturated rings. The molecule has 0 aliphatic rings. The van der Waals surface area contributed by atoms with Gasteiger partial charge in [0, 0.05) is 18.8 Å². The third-order valence-electron chi connectivity index (χ3n) is 2.24. The molecule has 3 nitrogen and oxygen atoms in total. The van der Waals surface area contributed by atoms with Crippen molar-refractivity contribution in [3.63, 3.8) is 0 Å². The Hall–Kier alpha value is -0.830. The van der Waals surface area contributed by atoms with Gasteiger partial charge in [0.15, 0.2) is 0 Å². The Morgan fingerprint density at radius 3 is 2.77 bits per heavy atom. The van der Waals surface area contributed by atoms with Crippen molar-refractivity contribution in [2.45, 2.75) is 39.2 Å². The number of aromatic nitrogens is 2. The standard InChI is InChI=1S/C10H18N2O/c1-4-5-6-10(13)9-7-12(3)11-8(9)2/h7,10,13H,4-6H2,1-3H3. The Balaban J connectivity index is 2.64. The van der Waals surface area contributed by atoms with Crippen molar-refractivity contribution >= 4 is 0 Å². The van der Waals surface area contributed by atoms with Gasteiger partial charge in [-0.05, 0) is 13.3 Å². The van der Waals surface area contributed by atoms with Crippen molar-refractivity contribution in [1.82, 2.24) is 9.78 Å². The summed E-state index contributed by atoms with van der Waals surface area (Å²) < 4.78 is 1.75. The van der Waals surface area contributed by atoms with Gasteiger partial charge < -0.3 is 5.11 Å². The Labute approximate surface area is 79.4 Å². The van der Waals surface area contributed by atoms with Crippen molar-refractivity contribution in [1.29, 1.82) is 0 Å². The molecule has 0 spiro atoms. The van der Waals surface area contributed by atoms with Gasteiger partial charge in [-0.25, -0.2) is 0 Å². The number of rotatable bonds is 4. The van der Waals surface area contributed by atoms with Crippen LogP contribution in [0.3, 0.4) is 0 Å². The van der Waals surface area contributed by atoms with Crippen molar-refractivity contribution in [2.24, 2.45) is 7.05 Å². The van der Waals surface area contributed by atoms with Gasteiger partial charge in [-0.1, -0.05) is 19.8 Å². The van der Waals surface area contributed by atoms with Gasteiger partial charge in [0.25, 0.3) is 0 Å². The van der Waals surface area contributed by atoms with E-state index in [9.17, 15) is 5.11 Å². The summed E-state index contributed by atoms with van der Waals surface area (Å²) in [6, 6.07) is 0. The quantitative estimate of drug-likeness (QED) is 0.773. The lowest BCUT2D eigenvalue weighted by Gasteiger charge is -2.07. The molecule has 0 saturated carbocycles. The van der Waals surface area contributed by atoms with E-state index in [-0.39, 0.29) is 6.10 Å². The van der Waals surface area contributed by atoms with E-state index in [2.05, 4.69) is 12.0 Å². The van der Waals surface area contributed by atoms with E-state index in [0.717, 1.165) is 30.5 Å². The van der Waals surface area contributed by atoms with Gasteiger partial charge in [0.1, 0.15) is 0 Å². The van der Waals surface area contributed by atoms with E-state index < -0.39 is 0 Å². The van der Waals surface area contributed by atoms with E-state index in [1.54, 1.807) is 4.68 Å². The number of unbranched alkanes of at least 4 members (excludes halogenated alkanes) is 1. The summed E-state index contributed by atoms with van der Waals surface area (Å²) in [6.07, 6.45) is 4.58. The van der Waals surface area contributed by atoms with Crippen LogP contribution < -0.4 is 0 Å². The Kier molecular flexibility index (Phi) is 3.48. The number of aliphatic hydroxyl groups excluding tert-OH is 1. The lowest BCUT2D eigenvalue weighted by molar-refractivity contribution is 0.163. The first-order chi connectivity index (χ1) is 6.15. The third kappa shape index (κ3) is 2.56. The summed E-state index contributed by atoms with van der Waals surface area (Å²) in [5.41, 5.74) is 1.90. The molecule has 0 aliphatic heterocycles. The highest BCUT2D eigenvalue weighted by Crippen LogP contribution is 2.21. The number of hydrogen-bond acceptors (Lipinski definition) is 2. The SMILES string of the molecule is CCCCC(O)c1cn(C)nc1C. The second-order valence-corrected chi connectivity index (χ2v) is 3.50. The molecule has 0 saturated heterocycles. The van der Waals surface area contributed by atoms with Crippen LogP contribution in [-0.4, -0.2) is 14.9 Å². The smallest absolute Gasteiger partial charge is 0.0823 e. The maximum atomic E-state index is 9.79. The molecule has 1 aromatic heterocycles. The Morgan fingerprint density at radius 1 is 1.62 bits per heavy atom. The van der Waals surface area contributed by atoms with Gasteiger partial charge >= 0.3 is 0 Å². The first-order valence-corrected chi connectivity index (χ1v) is 4.83. The normalized spacial score (nSPS) is 13.2. The average Bonchev–Trinajstić information content (AvgIpc) is 2.41. The number of hydrogen-bond donors (Lipinski definition) is 1. The Bertz CT molecular complexity index is 268. The monoisotopic (exact) mass is 182 g/mol. The number of aryl methyl sites for hydroxylation is 2. The van der Waals surface area contributed by atoms with Crippen LogP contribution >= 0.6 is 0 Å². The van der Waals surface area contributed by atoms with E-state index >= 15 is 0 Å². The molecule has 13 heavy (non-hydrogen) atoms. The fourth-order valence-corrected chi connectivity index (χ4v) is 1.50. The molecule has 0 bridgehead atoms. The highest BCUT2D eigenvalue weighted by atomic mass is 16.3. The van der Waals surface area contributed by atoms with Crippen molar-refractivity contribution < 1.29 is 5.11 Å². The molecule has 74 valence electrons. The fraction of sp³-hybridized carbons (Fsp3) is 0.700. The van der Waals surface area contributed by atoms with Crippen LogP contribution in [0.2, 0.25) is 0 Å². The van der Waals surface area contributed by atoms with E-state index in [1.807, 2.05) is 20.2 Å². The molecule has 1 rings (SSSR count). The molecule has 0 aliphatic carbocycles. The van der Waals surface area contributed by atoms with Crippen molar-refractivity contribution in [3.05, 3.63) is 17.5 Å². The first-order valence-electron chi connectivity index (χ1n) is 4.83. The molecule has 3 heteroatoms. The molecule has 1 N–H and O–H groups in total. The highest BCUT2D eigenvalue weighted by molar-refractivity contribution is 5.17. The molecule has 1 unspecified atom stereocenters. The lowest BCUT2D eigenvalue weighted by Crippen LogP contribution is -1.97. The summed E-state index contributed by atoms with van der Waals surface area (Å²) >= 11 is 0. The number of aliphatic hydroxyl groups is 1. The molecule has 0 aromatic carbocycles. The lowest BCUT2D eigenvalue weighted by atomic mass is 10.1. The van der Waals surface area contributed by atoms with Gasteiger partial charge in [-0.3, -0.25) is 4.68 Å². The summed E-state index contributed by atoms with van der Waals surface area (Å²) in [6.45, 7) is 4.06. The minimum atomic E-state index is -0.339. The maximum absolute atomic E-state index is 9.79. The molecule has 0 amide bonds. The molecular weight excluding hydrogens is 164 g/mol. The molecule has 1 heterocycles. The van der Waals surface area contributed by atoms with Crippen LogP contribution in [0, 0.1) is 6.92 Å². The van der Waals surface area contributed by atoms with Gasteiger partial charge in [0.05, 0.1) is 11.8 Å². The zero-order valence-electron chi connectivity index (χ0n) is 8.62. The zero-order chi connectivity index (χ0) is 9.84. The van der Waals surface area contributed by atoms with E-state index in [4.69, 9.17) is 0 Å². The first kappa shape index (κ1) is 10.3. The zero-order valence-corrected chi connectivity index (χ0v) is 8.62. The highest BCUT2D eigenvalue weighted by Gasteiger charge is 2.12. The Morgan fingerprint density at radius 2 is 2.31 bits per heavy atom. The maximum Gasteiger partial charge on any atom is 0.0823 e. The van der Waals surface area contributed by atoms with Crippen LogP contribution in [0.25, 0.3) is 0 Å². The van der Waals surface area contributed by atoms with Crippen molar-refractivity contribution in [2.75, 3.05) is 0 Å². The van der Waals surface area contributed by atoms with Gasteiger partial charge in [-0.2, -0.15) is 5.10 Å². The molecule has 1 atom stereocenters. The van der Waals surface area contributed by atoms with E-state index in [0.29, 0.717) is 0 Å². The van der Waals surface area contributed by atoms with Gasteiger partial charge in [0.2, 0.25) is 0 Å². The summed E-state index contributed by atoms with van der Waals surface area (Å²) in [5.74, 6) is 0. The number of nitrogens with zero attached hydrogens (tertiary/aromatic N) is 2. The van der Waals surface area contributed by atoms with Crippen LogP contribution in [0.4, 0.5) is 0 Å². The predicted molar refractivity (Wildman–Crippen MR) is 52.4 cm³/mol. The minimum Gasteiger partial charge on any atom is -0.388 e. The fourth-order valence-electron chi connectivity index (χ4n) is 1.50. The molecule has 0 radical (unpaired) electrons. The third-order valence-corrected chi connectivity index (χ3v) is 2.24. The van der Waals surface area contributed by atoms with Crippen LogP contribution in [-0.2, 0) is 7.05 Å². The summed E-state index contributed by atoms with van der Waals surface area (Å²) in [7, 11) is 1.88. The second kappa shape index (κ2) is 4.42.